The molecule has 0 bridgehead atoms. The highest BCUT2D eigenvalue weighted by Gasteiger charge is 2.22. The van der Waals surface area contributed by atoms with Crippen LogP contribution in [0.25, 0.3) is 0 Å². The molecule has 0 saturated heterocycles. The fourth-order valence-electron chi connectivity index (χ4n) is 2.91. The summed E-state index contributed by atoms with van der Waals surface area (Å²) in [5.41, 5.74) is 1.51. The van der Waals surface area contributed by atoms with Crippen molar-refractivity contribution < 1.29 is 23.9 Å². The Morgan fingerprint density at radius 3 is 2.33 bits per heavy atom. The number of carbonyl (C=O) groups excluding carboxylic acids is 3. The van der Waals surface area contributed by atoms with E-state index in [2.05, 4.69) is 10.6 Å². The van der Waals surface area contributed by atoms with Crippen LogP contribution in [0.5, 0.6) is 11.5 Å². The van der Waals surface area contributed by atoms with Gasteiger partial charge in [0.2, 0.25) is 18.6 Å². The van der Waals surface area contributed by atoms with Gasteiger partial charge < -0.3 is 20.1 Å². The zero-order chi connectivity index (χ0) is 19.4. The van der Waals surface area contributed by atoms with Gasteiger partial charge in [-0.25, -0.2) is 0 Å². The number of carbonyl (C=O) groups is 3. The molecule has 0 aromatic heterocycles. The van der Waals surface area contributed by atoms with Crippen molar-refractivity contribution >= 4 is 23.3 Å². The molecule has 1 atom stereocenters. The van der Waals surface area contributed by atoms with Crippen molar-refractivity contribution in [3.05, 3.63) is 53.6 Å². The van der Waals surface area contributed by atoms with Gasteiger partial charge in [-0.05, 0) is 18.6 Å². The molecule has 3 rings (SSSR count). The SMILES string of the molecule is CC(=O)NC(CC(=O)Nc1cc2c(cc1C(C)=O)OCO2)c1ccccc1. The fourth-order valence-corrected chi connectivity index (χ4v) is 2.91. The third-order valence-corrected chi connectivity index (χ3v) is 4.14. The second-order valence-electron chi connectivity index (χ2n) is 6.22. The van der Waals surface area contributed by atoms with Crippen molar-refractivity contribution in [1.82, 2.24) is 5.32 Å². The van der Waals surface area contributed by atoms with Crippen molar-refractivity contribution in [3.8, 4) is 11.5 Å². The van der Waals surface area contributed by atoms with Crippen LogP contribution in [0.4, 0.5) is 5.69 Å². The molecule has 2 aromatic carbocycles. The number of nitrogens with one attached hydrogen (secondary N) is 2. The number of anilines is 1. The number of ether oxygens (including phenoxy) is 2. The van der Waals surface area contributed by atoms with E-state index in [1.165, 1.54) is 13.8 Å². The predicted octanol–water partition coefficient (Wildman–Crippen LogP) is 2.82. The maximum Gasteiger partial charge on any atom is 0.231 e. The van der Waals surface area contributed by atoms with Crippen molar-refractivity contribution in [2.45, 2.75) is 26.3 Å². The van der Waals surface area contributed by atoms with Gasteiger partial charge in [-0.1, -0.05) is 30.3 Å². The molecule has 140 valence electrons. The second-order valence-corrected chi connectivity index (χ2v) is 6.22. The molecule has 0 radical (unpaired) electrons. The van der Waals surface area contributed by atoms with Crippen LogP contribution in [0, 0.1) is 0 Å². The zero-order valence-electron chi connectivity index (χ0n) is 15.1. The van der Waals surface area contributed by atoms with Crippen LogP contribution in [-0.2, 0) is 9.59 Å². The lowest BCUT2D eigenvalue weighted by atomic mass is 10.0. The molecule has 0 saturated carbocycles. The molecule has 2 N–H and O–H groups in total. The summed E-state index contributed by atoms with van der Waals surface area (Å²) in [4.78, 5) is 36.1. The van der Waals surface area contributed by atoms with Gasteiger partial charge in [-0.15, -0.1) is 0 Å². The molecule has 1 aliphatic rings. The molecule has 0 aliphatic carbocycles. The van der Waals surface area contributed by atoms with Crippen molar-refractivity contribution in [3.63, 3.8) is 0 Å². The van der Waals surface area contributed by atoms with Crippen molar-refractivity contribution in [2.24, 2.45) is 0 Å². The number of ketones is 1. The topological polar surface area (TPSA) is 93.7 Å². The van der Waals surface area contributed by atoms with Crippen LogP contribution >= 0.6 is 0 Å². The lowest BCUT2D eigenvalue weighted by Gasteiger charge is -2.18. The number of benzene rings is 2. The minimum atomic E-state index is -0.474. The van der Waals surface area contributed by atoms with Crippen LogP contribution in [0.2, 0.25) is 0 Å². The van der Waals surface area contributed by atoms with Gasteiger partial charge >= 0.3 is 0 Å². The van der Waals surface area contributed by atoms with Gasteiger partial charge in [0.05, 0.1) is 18.2 Å². The first-order valence-electron chi connectivity index (χ1n) is 8.50. The van der Waals surface area contributed by atoms with E-state index in [0.29, 0.717) is 22.7 Å². The molecule has 0 fully saturated rings. The first-order valence-corrected chi connectivity index (χ1v) is 8.50. The van der Waals surface area contributed by atoms with E-state index in [4.69, 9.17) is 9.47 Å². The average Bonchev–Trinajstić information content (AvgIpc) is 3.08. The highest BCUT2D eigenvalue weighted by Crippen LogP contribution is 2.37. The molecule has 2 amide bonds. The number of hydrogen-bond donors (Lipinski definition) is 2. The number of rotatable bonds is 6. The minimum absolute atomic E-state index is 0.0232. The lowest BCUT2D eigenvalue weighted by Crippen LogP contribution is -2.30. The monoisotopic (exact) mass is 368 g/mol. The Kier molecular flexibility index (Phi) is 5.40. The summed E-state index contributed by atoms with van der Waals surface area (Å²) in [6.07, 6.45) is 0.0232. The van der Waals surface area contributed by atoms with E-state index in [1.54, 1.807) is 12.1 Å². The zero-order valence-corrected chi connectivity index (χ0v) is 15.1. The third-order valence-electron chi connectivity index (χ3n) is 4.14. The summed E-state index contributed by atoms with van der Waals surface area (Å²) < 4.78 is 10.6. The van der Waals surface area contributed by atoms with Crippen LogP contribution in [-0.4, -0.2) is 24.4 Å². The summed E-state index contributed by atoms with van der Waals surface area (Å²) in [6, 6.07) is 11.9. The normalized spacial score (nSPS) is 13.0. The quantitative estimate of drug-likeness (QED) is 0.765. The van der Waals surface area contributed by atoms with E-state index in [9.17, 15) is 14.4 Å². The molecular weight excluding hydrogens is 348 g/mol. The van der Waals surface area contributed by atoms with Gasteiger partial charge in [0.15, 0.2) is 17.3 Å². The Hall–Kier alpha value is -3.35. The second kappa shape index (κ2) is 7.90. The number of hydrogen-bond acceptors (Lipinski definition) is 5. The average molecular weight is 368 g/mol. The Morgan fingerprint density at radius 2 is 1.70 bits per heavy atom. The summed E-state index contributed by atoms with van der Waals surface area (Å²) >= 11 is 0. The van der Waals surface area contributed by atoms with Crippen LogP contribution in [0.1, 0.15) is 42.2 Å². The van der Waals surface area contributed by atoms with Crippen molar-refractivity contribution in [1.29, 1.82) is 0 Å². The first-order chi connectivity index (χ1) is 12.9. The van der Waals surface area contributed by atoms with E-state index >= 15 is 0 Å². The number of amides is 2. The van der Waals surface area contributed by atoms with Crippen LogP contribution in [0.15, 0.2) is 42.5 Å². The Morgan fingerprint density at radius 1 is 1.04 bits per heavy atom. The molecular formula is C20H20N2O5. The standard InChI is InChI=1S/C20H20N2O5/c1-12(23)15-8-18-19(27-11-26-18)9-17(15)22-20(25)10-16(21-13(2)24)14-6-4-3-5-7-14/h3-9,16H,10-11H2,1-2H3,(H,21,24)(H,22,25). The highest BCUT2D eigenvalue weighted by atomic mass is 16.7. The molecule has 1 aliphatic heterocycles. The van der Waals surface area contributed by atoms with Gasteiger partial charge in [0.1, 0.15) is 0 Å². The lowest BCUT2D eigenvalue weighted by molar-refractivity contribution is -0.120. The molecule has 7 heteroatoms. The molecule has 0 spiro atoms. The van der Waals surface area contributed by atoms with Crippen LogP contribution < -0.4 is 20.1 Å². The largest absolute Gasteiger partial charge is 0.454 e. The fraction of sp³-hybridized carbons (Fsp3) is 0.250. The van der Waals surface area contributed by atoms with E-state index < -0.39 is 6.04 Å². The summed E-state index contributed by atoms with van der Waals surface area (Å²) in [5.74, 6) is 0.170. The Balaban J connectivity index is 1.80. The highest BCUT2D eigenvalue weighted by molar-refractivity contribution is 6.04. The maximum atomic E-state index is 12.6. The number of Topliss-reactive ketones (excluding diaryl/α,β-unsaturated/α-hetero) is 1. The molecule has 2 aromatic rings. The summed E-state index contributed by atoms with van der Waals surface area (Å²) in [5, 5.41) is 5.53. The Bertz CT molecular complexity index is 879. The van der Waals surface area contributed by atoms with E-state index in [0.717, 1.165) is 5.56 Å². The van der Waals surface area contributed by atoms with Gasteiger partial charge in [0.25, 0.3) is 0 Å². The van der Waals surface area contributed by atoms with E-state index in [1.807, 2.05) is 30.3 Å². The van der Waals surface area contributed by atoms with Crippen LogP contribution in [0.3, 0.4) is 0 Å². The summed E-state index contributed by atoms with van der Waals surface area (Å²) in [7, 11) is 0. The maximum absolute atomic E-state index is 12.6. The smallest absolute Gasteiger partial charge is 0.231 e. The molecule has 7 nitrogen and oxygen atoms in total. The minimum Gasteiger partial charge on any atom is -0.454 e. The van der Waals surface area contributed by atoms with Gasteiger partial charge in [-0.2, -0.15) is 0 Å². The van der Waals surface area contributed by atoms with Crippen molar-refractivity contribution in [2.75, 3.05) is 12.1 Å². The molecule has 1 unspecified atom stereocenters. The first kappa shape index (κ1) is 18.4. The van der Waals surface area contributed by atoms with E-state index in [-0.39, 0.29) is 30.8 Å². The van der Waals surface area contributed by atoms with Gasteiger partial charge in [0, 0.05) is 18.6 Å². The number of fused-ring (bicyclic) bond motifs is 1. The summed E-state index contributed by atoms with van der Waals surface area (Å²) in [6.45, 7) is 2.89. The Labute approximate surface area is 156 Å². The third kappa shape index (κ3) is 4.44. The van der Waals surface area contributed by atoms with Gasteiger partial charge in [-0.3, -0.25) is 14.4 Å². The predicted molar refractivity (Wildman–Crippen MR) is 98.8 cm³/mol. The molecule has 27 heavy (non-hydrogen) atoms. The molecule has 1 heterocycles.